The molecule has 0 aromatic heterocycles. The summed E-state index contributed by atoms with van der Waals surface area (Å²) in [5.41, 5.74) is 17.1. The number of amides is 3. The topological polar surface area (TPSA) is 235 Å². The summed E-state index contributed by atoms with van der Waals surface area (Å²) in [5, 5.41) is 26.3. The van der Waals surface area contributed by atoms with Gasteiger partial charge in [-0.1, -0.05) is 26.0 Å². The Bertz CT molecular complexity index is 947. The number of aliphatic carboxylic acids is 1. The molecule has 4 atom stereocenters. The van der Waals surface area contributed by atoms with Crippen molar-refractivity contribution in [3.8, 4) is 5.75 Å². The van der Waals surface area contributed by atoms with E-state index < -0.39 is 47.9 Å². The normalized spacial score (nSPS) is 14.1. The number of aromatic hydroxyl groups is 1. The van der Waals surface area contributed by atoms with Crippen LogP contribution < -0.4 is 33.2 Å². The molecule has 37 heavy (non-hydrogen) atoms. The molecule has 0 fully saturated rings. The number of rotatable bonds is 15. The van der Waals surface area contributed by atoms with Crippen molar-refractivity contribution in [2.24, 2.45) is 28.1 Å². The number of nitrogens with zero attached hydrogens (tertiary/aromatic N) is 1. The molecule has 0 saturated carbocycles. The minimum absolute atomic E-state index is 0.0190. The number of benzene rings is 1. The van der Waals surface area contributed by atoms with Gasteiger partial charge in [0.2, 0.25) is 17.7 Å². The molecular formula is C24H39N7O6. The molecule has 1 aromatic rings. The molecule has 0 spiro atoms. The molecule has 13 heteroatoms. The number of nitrogens with two attached hydrogens (primary N) is 3. The van der Waals surface area contributed by atoms with Gasteiger partial charge in [0.1, 0.15) is 23.9 Å². The number of phenols is 1. The number of carboxylic acids is 1. The second-order valence-corrected chi connectivity index (χ2v) is 9.25. The molecule has 0 aliphatic rings. The fourth-order valence-electron chi connectivity index (χ4n) is 3.36. The number of aliphatic imine (C=N–C) groups is 1. The van der Waals surface area contributed by atoms with Crippen molar-refractivity contribution in [3.63, 3.8) is 0 Å². The van der Waals surface area contributed by atoms with Crippen LogP contribution >= 0.6 is 0 Å². The second kappa shape index (κ2) is 15.3. The van der Waals surface area contributed by atoms with Crippen molar-refractivity contribution in [1.82, 2.24) is 16.0 Å². The van der Waals surface area contributed by atoms with Gasteiger partial charge >= 0.3 is 5.97 Å². The third-order valence-corrected chi connectivity index (χ3v) is 5.38. The SMILES string of the molecule is CC(C)CC(NC(=O)C(N)CCCN=C(N)N)C(=O)NC(Cc1ccc(O)cc1)C(=O)NC(C)C(=O)O. The first-order valence-electron chi connectivity index (χ1n) is 12.0. The molecule has 206 valence electrons. The fraction of sp³-hybridized carbons (Fsp3) is 0.542. The predicted molar refractivity (Wildman–Crippen MR) is 138 cm³/mol. The number of hydrogen-bond acceptors (Lipinski definition) is 7. The number of carboxylic acid groups (broad SMARTS) is 1. The summed E-state index contributed by atoms with van der Waals surface area (Å²) in [6.45, 7) is 5.35. The van der Waals surface area contributed by atoms with Crippen molar-refractivity contribution in [2.75, 3.05) is 6.54 Å². The van der Waals surface area contributed by atoms with Gasteiger partial charge in [-0.05, 0) is 49.8 Å². The van der Waals surface area contributed by atoms with E-state index in [1.165, 1.54) is 19.1 Å². The van der Waals surface area contributed by atoms with Crippen molar-refractivity contribution >= 4 is 29.7 Å². The Balaban J connectivity index is 2.99. The van der Waals surface area contributed by atoms with Crippen LogP contribution in [0.3, 0.4) is 0 Å². The van der Waals surface area contributed by atoms with E-state index in [0.29, 0.717) is 18.5 Å². The van der Waals surface area contributed by atoms with Gasteiger partial charge in [0.15, 0.2) is 5.96 Å². The van der Waals surface area contributed by atoms with Gasteiger partial charge < -0.3 is 43.4 Å². The number of hydrogen-bond donors (Lipinski definition) is 8. The van der Waals surface area contributed by atoms with E-state index >= 15 is 0 Å². The maximum Gasteiger partial charge on any atom is 0.325 e. The van der Waals surface area contributed by atoms with E-state index in [-0.39, 0.29) is 36.9 Å². The highest BCUT2D eigenvalue weighted by Gasteiger charge is 2.30. The maximum absolute atomic E-state index is 13.2. The van der Waals surface area contributed by atoms with Crippen molar-refractivity contribution in [1.29, 1.82) is 0 Å². The average molecular weight is 522 g/mol. The molecule has 0 heterocycles. The second-order valence-electron chi connectivity index (χ2n) is 9.25. The van der Waals surface area contributed by atoms with Gasteiger partial charge in [-0.2, -0.15) is 0 Å². The lowest BCUT2D eigenvalue weighted by molar-refractivity contribution is -0.141. The molecular weight excluding hydrogens is 482 g/mol. The molecule has 1 aromatic carbocycles. The first-order valence-corrected chi connectivity index (χ1v) is 12.0. The van der Waals surface area contributed by atoms with Crippen LogP contribution in [-0.4, -0.2) is 70.6 Å². The maximum atomic E-state index is 13.2. The van der Waals surface area contributed by atoms with Crippen LogP contribution in [-0.2, 0) is 25.6 Å². The molecule has 0 bridgehead atoms. The monoisotopic (exact) mass is 521 g/mol. The van der Waals surface area contributed by atoms with Crippen molar-refractivity contribution in [2.45, 2.75) is 70.6 Å². The predicted octanol–water partition coefficient (Wildman–Crippen LogP) is -1.08. The third-order valence-electron chi connectivity index (χ3n) is 5.38. The molecule has 13 nitrogen and oxygen atoms in total. The highest BCUT2D eigenvalue weighted by atomic mass is 16.4. The van der Waals surface area contributed by atoms with Gasteiger partial charge in [0, 0.05) is 13.0 Å². The number of phenolic OH excluding ortho intramolecular Hbond substituents is 1. The molecule has 0 saturated heterocycles. The Morgan fingerprint density at radius 3 is 2.03 bits per heavy atom. The van der Waals surface area contributed by atoms with E-state index in [1.807, 2.05) is 13.8 Å². The van der Waals surface area contributed by atoms with Gasteiger partial charge in [-0.15, -0.1) is 0 Å². The number of nitrogens with one attached hydrogen (secondary N) is 3. The molecule has 0 aliphatic heterocycles. The zero-order valence-electron chi connectivity index (χ0n) is 21.4. The lowest BCUT2D eigenvalue weighted by atomic mass is 10.00. The largest absolute Gasteiger partial charge is 0.508 e. The number of guanidine groups is 1. The van der Waals surface area contributed by atoms with Gasteiger partial charge in [-0.3, -0.25) is 24.2 Å². The Morgan fingerprint density at radius 2 is 1.49 bits per heavy atom. The summed E-state index contributed by atoms with van der Waals surface area (Å²) in [6.07, 6.45) is 1.05. The molecule has 0 aliphatic carbocycles. The summed E-state index contributed by atoms with van der Waals surface area (Å²) in [5.74, 6) is -3.10. The lowest BCUT2D eigenvalue weighted by Gasteiger charge is -2.26. The van der Waals surface area contributed by atoms with Crippen LogP contribution in [0, 0.1) is 5.92 Å². The minimum Gasteiger partial charge on any atom is -0.508 e. The third kappa shape index (κ3) is 12.1. The highest BCUT2D eigenvalue weighted by molar-refractivity contribution is 5.94. The van der Waals surface area contributed by atoms with Gasteiger partial charge in [0.05, 0.1) is 6.04 Å². The molecule has 3 amide bonds. The van der Waals surface area contributed by atoms with Gasteiger partial charge in [0.25, 0.3) is 0 Å². The van der Waals surface area contributed by atoms with Crippen LogP contribution in [0.4, 0.5) is 0 Å². The summed E-state index contributed by atoms with van der Waals surface area (Å²) in [6, 6.07) is 1.82. The first-order chi connectivity index (χ1) is 17.3. The molecule has 4 unspecified atom stereocenters. The Hall–Kier alpha value is -3.87. The fourth-order valence-corrected chi connectivity index (χ4v) is 3.36. The Labute approximate surface area is 216 Å². The van der Waals surface area contributed by atoms with Crippen LogP contribution in [0.1, 0.15) is 45.6 Å². The van der Waals surface area contributed by atoms with Crippen molar-refractivity contribution in [3.05, 3.63) is 29.8 Å². The zero-order valence-corrected chi connectivity index (χ0v) is 21.4. The summed E-state index contributed by atoms with van der Waals surface area (Å²) >= 11 is 0. The zero-order chi connectivity index (χ0) is 28.1. The van der Waals surface area contributed by atoms with Crippen LogP contribution in [0.15, 0.2) is 29.3 Å². The summed E-state index contributed by atoms with van der Waals surface area (Å²) in [7, 11) is 0. The van der Waals surface area contributed by atoms with Gasteiger partial charge in [-0.25, -0.2) is 0 Å². The Morgan fingerprint density at radius 1 is 0.919 bits per heavy atom. The van der Waals surface area contributed by atoms with Crippen molar-refractivity contribution < 1.29 is 29.4 Å². The van der Waals surface area contributed by atoms with E-state index in [4.69, 9.17) is 22.3 Å². The molecule has 11 N–H and O–H groups in total. The standard InChI is InChI=1S/C24H39N7O6/c1-13(2)11-18(30-20(33)17(25)5-4-10-28-24(26)27)22(35)31-19(21(34)29-14(3)23(36)37)12-15-6-8-16(32)9-7-15/h6-9,13-14,17-19,32H,4-5,10-12,25H2,1-3H3,(H,29,34)(H,30,33)(H,31,35)(H,36,37)(H4,26,27,28). The first kappa shape index (κ1) is 31.2. The Kier molecular flexibility index (Phi) is 12.9. The number of carbonyl (C=O) groups is 4. The van der Waals surface area contributed by atoms with Crippen LogP contribution in [0.2, 0.25) is 0 Å². The minimum atomic E-state index is -1.23. The average Bonchev–Trinajstić information content (AvgIpc) is 2.81. The smallest absolute Gasteiger partial charge is 0.325 e. The lowest BCUT2D eigenvalue weighted by Crippen LogP contribution is -2.57. The summed E-state index contributed by atoms with van der Waals surface area (Å²) < 4.78 is 0. The molecule has 0 radical (unpaired) electrons. The number of carbonyl (C=O) groups excluding carboxylic acids is 3. The van der Waals surface area contributed by atoms with E-state index in [0.717, 1.165) is 0 Å². The molecule has 1 rings (SSSR count). The van der Waals surface area contributed by atoms with E-state index in [1.54, 1.807) is 12.1 Å². The van der Waals surface area contributed by atoms with E-state index in [2.05, 4.69) is 20.9 Å². The van der Waals surface area contributed by atoms with Crippen LogP contribution in [0.25, 0.3) is 0 Å². The van der Waals surface area contributed by atoms with Crippen LogP contribution in [0.5, 0.6) is 5.75 Å². The quantitative estimate of drug-likeness (QED) is 0.0794. The summed E-state index contributed by atoms with van der Waals surface area (Å²) in [4.78, 5) is 53.8. The highest BCUT2D eigenvalue weighted by Crippen LogP contribution is 2.13. The van der Waals surface area contributed by atoms with E-state index in [9.17, 15) is 24.3 Å².